The summed E-state index contributed by atoms with van der Waals surface area (Å²) in [7, 11) is 2.13. The standard InChI is InChI=1S/C13H24N4OS/c1-9(10-8-17(5)6-7-18-10)14-12-16-15-11(19-12)13(2,3)4/h9-10H,6-8H2,1-5H3,(H,14,16). The van der Waals surface area contributed by atoms with Gasteiger partial charge in [0.25, 0.3) is 0 Å². The van der Waals surface area contributed by atoms with E-state index in [1.165, 1.54) is 0 Å². The summed E-state index contributed by atoms with van der Waals surface area (Å²) in [5.41, 5.74) is 0.0579. The molecule has 0 aromatic carbocycles. The van der Waals surface area contributed by atoms with Crippen molar-refractivity contribution in [2.75, 3.05) is 32.1 Å². The minimum Gasteiger partial charge on any atom is -0.373 e. The van der Waals surface area contributed by atoms with Gasteiger partial charge >= 0.3 is 0 Å². The zero-order valence-corrected chi connectivity index (χ0v) is 13.3. The Morgan fingerprint density at radius 3 is 2.74 bits per heavy atom. The SMILES string of the molecule is CC(Nc1nnc(C(C)(C)C)s1)C1CN(C)CCO1. The van der Waals surface area contributed by atoms with Crippen molar-refractivity contribution in [1.82, 2.24) is 15.1 Å². The second kappa shape index (κ2) is 5.73. The van der Waals surface area contributed by atoms with E-state index < -0.39 is 0 Å². The summed E-state index contributed by atoms with van der Waals surface area (Å²) in [5, 5.41) is 13.8. The Morgan fingerprint density at radius 2 is 2.16 bits per heavy atom. The lowest BCUT2D eigenvalue weighted by Gasteiger charge is -2.33. The maximum Gasteiger partial charge on any atom is 0.205 e. The van der Waals surface area contributed by atoms with Crippen LogP contribution in [0, 0.1) is 0 Å². The molecule has 0 spiro atoms. The molecule has 0 amide bonds. The molecule has 5 nitrogen and oxygen atoms in total. The Bertz CT molecular complexity index is 415. The number of ether oxygens (including phenoxy) is 1. The van der Waals surface area contributed by atoms with E-state index in [-0.39, 0.29) is 17.6 Å². The number of hydrogen-bond acceptors (Lipinski definition) is 6. The number of nitrogens with one attached hydrogen (secondary N) is 1. The number of likely N-dealkylation sites (N-methyl/N-ethyl adjacent to an activating group) is 1. The van der Waals surface area contributed by atoms with E-state index in [9.17, 15) is 0 Å². The second-order valence-electron chi connectivity index (χ2n) is 6.27. The fraction of sp³-hybridized carbons (Fsp3) is 0.846. The molecule has 1 aliphatic heterocycles. The maximum atomic E-state index is 5.81. The Balaban J connectivity index is 1.95. The Morgan fingerprint density at radius 1 is 1.42 bits per heavy atom. The van der Waals surface area contributed by atoms with Crippen molar-refractivity contribution in [2.45, 2.75) is 45.3 Å². The van der Waals surface area contributed by atoms with Crippen molar-refractivity contribution in [3.63, 3.8) is 0 Å². The number of hydrogen-bond donors (Lipinski definition) is 1. The van der Waals surface area contributed by atoms with Crippen molar-refractivity contribution in [1.29, 1.82) is 0 Å². The average Bonchev–Trinajstić information content (AvgIpc) is 2.77. The van der Waals surface area contributed by atoms with Crippen LogP contribution in [0.25, 0.3) is 0 Å². The van der Waals surface area contributed by atoms with E-state index in [2.05, 4.69) is 55.2 Å². The molecule has 0 radical (unpaired) electrons. The summed E-state index contributed by atoms with van der Waals surface area (Å²) in [6.45, 7) is 11.4. The summed E-state index contributed by atoms with van der Waals surface area (Å²) in [5.74, 6) is 0. The van der Waals surface area contributed by atoms with Crippen molar-refractivity contribution in [3.05, 3.63) is 5.01 Å². The Kier molecular flexibility index (Phi) is 4.43. The Labute approximate surface area is 119 Å². The van der Waals surface area contributed by atoms with E-state index in [1.807, 2.05) is 0 Å². The van der Waals surface area contributed by atoms with E-state index >= 15 is 0 Å². The van der Waals surface area contributed by atoms with Crippen LogP contribution in [0.1, 0.15) is 32.7 Å². The van der Waals surface area contributed by atoms with E-state index in [0.29, 0.717) is 0 Å². The fourth-order valence-electron chi connectivity index (χ4n) is 1.99. The number of morpholine rings is 1. The third-order valence-corrected chi connectivity index (χ3v) is 4.55. The summed E-state index contributed by atoms with van der Waals surface area (Å²) < 4.78 is 5.81. The number of aromatic nitrogens is 2. The summed E-state index contributed by atoms with van der Waals surface area (Å²) in [6, 6.07) is 0.239. The summed E-state index contributed by atoms with van der Waals surface area (Å²) in [6.07, 6.45) is 0.209. The molecule has 6 heteroatoms. The highest BCUT2D eigenvalue weighted by Crippen LogP contribution is 2.28. The van der Waals surface area contributed by atoms with Crippen LogP contribution in [0.5, 0.6) is 0 Å². The van der Waals surface area contributed by atoms with Crippen LogP contribution in [0.3, 0.4) is 0 Å². The first kappa shape index (κ1) is 14.7. The smallest absolute Gasteiger partial charge is 0.205 e. The van der Waals surface area contributed by atoms with Gasteiger partial charge in [-0.2, -0.15) is 0 Å². The number of rotatable bonds is 3. The van der Waals surface area contributed by atoms with Crippen LogP contribution in [0.4, 0.5) is 5.13 Å². The van der Waals surface area contributed by atoms with Gasteiger partial charge < -0.3 is 15.0 Å². The minimum absolute atomic E-state index is 0.0579. The minimum atomic E-state index is 0.0579. The molecule has 2 atom stereocenters. The van der Waals surface area contributed by atoms with Crippen LogP contribution in [-0.2, 0) is 10.2 Å². The predicted molar refractivity (Wildman–Crippen MR) is 78.9 cm³/mol. The molecular formula is C13H24N4OS. The third-order valence-electron chi connectivity index (χ3n) is 3.27. The highest BCUT2D eigenvalue weighted by Gasteiger charge is 2.25. The van der Waals surface area contributed by atoms with Crippen LogP contribution < -0.4 is 5.32 Å². The van der Waals surface area contributed by atoms with Gasteiger partial charge in [0, 0.05) is 18.5 Å². The monoisotopic (exact) mass is 284 g/mol. The molecule has 2 heterocycles. The van der Waals surface area contributed by atoms with Gasteiger partial charge in [0.05, 0.1) is 18.8 Å². The normalized spacial score (nSPS) is 23.3. The number of nitrogens with zero attached hydrogens (tertiary/aromatic N) is 3. The van der Waals surface area contributed by atoms with Gasteiger partial charge in [-0.15, -0.1) is 10.2 Å². The molecule has 1 aliphatic rings. The van der Waals surface area contributed by atoms with Gasteiger partial charge in [0.15, 0.2) is 0 Å². The summed E-state index contributed by atoms with van der Waals surface area (Å²) in [4.78, 5) is 2.30. The zero-order valence-electron chi connectivity index (χ0n) is 12.4. The van der Waals surface area contributed by atoms with Gasteiger partial charge in [-0.3, -0.25) is 0 Å². The maximum absolute atomic E-state index is 5.81. The molecular weight excluding hydrogens is 260 g/mol. The van der Waals surface area contributed by atoms with E-state index in [1.54, 1.807) is 11.3 Å². The molecule has 0 saturated carbocycles. The molecule has 0 bridgehead atoms. The van der Waals surface area contributed by atoms with E-state index in [0.717, 1.165) is 29.8 Å². The zero-order chi connectivity index (χ0) is 14.0. The van der Waals surface area contributed by atoms with Crippen LogP contribution in [0.2, 0.25) is 0 Å². The predicted octanol–water partition coefficient (Wildman–Crippen LogP) is 1.97. The molecule has 0 aliphatic carbocycles. The van der Waals surface area contributed by atoms with Crippen LogP contribution >= 0.6 is 11.3 Å². The van der Waals surface area contributed by atoms with Crippen molar-refractivity contribution < 1.29 is 4.74 Å². The van der Waals surface area contributed by atoms with Crippen LogP contribution in [-0.4, -0.2) is 54.0 Å². The molecule has 1 aromatic rings. The van der Waals surface area contributed by atoms with Gasteiger partial charge in [0.2, 0.25) is 5.13 Å². The lowest BCUT2D eigenvalue weighted by molar-refractivity contribution is -0.0259. The van der Waals surface area contributed by atoms with Gasteiger partial charge in [0.1, 0.15) is 5.01 Å². The fourth-order valence-corrected chi connectivity index (χ4v) is 2.88. The van der Waals surface area contributed by atoms with Gasteiger partial charge in [-0.05, 0) is 14.0 Å². The average molecular weight is 284 g/mol. The van der Waals surface area contributed by atoms with Gasteiger partial charge in [-0.25, -0.2) is 0 Å². The first-order valence-electron chi connectivity index (χ1n) is 6.77. The highest BCUT2D eigenvalue weighted by molar-refractivity contribution is 7.15. The molecule has 108 valence electrons. The van der Waals surface area contributed by atoms with Crippen LogP contribution in [0.15, 0.2) is 0 Å². The molecule has 19 heavy (non-hydrogen) atoms. The first-order valence-corrected chi connectivity index (χ1v) is 7.58. The molecule has 1 saturated heterocycles. The highest BCUT2D eigenvalue weighted by atomic mass is 32.1. The second-order valence-corrected chi connectivity index (χ2v) is 7.24. The summed E-state index contributed by atoms with van der Waals surface area (Å²) >= 11 is 1.63. The van der Waals surface area contributed by atoms with E-state index in [4.69, 9.17) is 4.74 Å². The Hall–Kier alpha value is -0.720. The lowest BCUT2D eigenvalue weighted by Crippen LogP contribution is -2.47. The molecule has 1 fully saturated rings. The molecule has 2 rings (SSSR count). The molecule has 2 unspecified atom stereocenters. The number of anilines is 1. The largest absolute Gasteiger partial charge is 0.373 e. The van der Waals surface area contributed by atoms with Gasteiger partial charge in [-0.1, -0.05) is 32.1 Å². The first-order chi connectivity index (χ1) is 8.86. The van der Waals surface area contributed by atoms with Crippen molar-refractivity contribution in [3.8, 4) is 0 Å². The third kappa shape index (κ3) is 3.87. The quantitative estimate of drug-likeness (QED) is 0.919. The topological polar surface area (TPSA) is 50.3 Å². The van der Waals surface area contributed by atoms with Crippen molar-refractivity contribution >= 4 is 16.5 Å². The lowest BCUT2D eigenvalue weighted by atomic mass is 9.98. The molecule has 1 aromatic heterocycles. The van der Waals surface area contributed by atoms with Crippen molar-refractivity contribution in [2.24, 2.45) is 0 Å². The molecule has 1 N–H and O–H groups in total.